The monoisotopic (exact) mass is 179 g/mol. The summed E-state index contributed by atoms with van der Waals surface area (Å²) in [5.74, 6) is 0. The van der Waals surface area contributed by atoms with E-state index in [1.807, 2.05) is 13.3 Å². The fraction of sp³-hybridized carbons (Fsp3) is 0.857. The molecule has 0 amide bonds. The van der Waals surface area contributed by atoms with Crippen LogP contribution in [0.3, 0.4) is 0 Å². The predicted octanol–water partition coefficient (Wildman–Crippen LogP) is 1.17. The Labute approximate surface area is 69.1 Å². The van der Waals surface area contributed by atoms with Crippen molar-refractivity contribution in [2.24, 2.45) is 0 Å². The molecule has 3 nitrogen and oxygen atoms in total. The zero-order valence-electron chi connectivity index (χ0n) is 7.59. The molecule has 0 rings (SSSR count). The lowest BCUT2D eigenvalue weighted by Crippen LogP contribution is -2.09. The minimum absolute atomic E-state index is 0.691. The average molecular weight is 179 g/mol. The Bertz CT molecular complexity index is 132. The van der Waals surface area contributed by atoms with E-state index in [1.54, 1.807) is 7.05 Å². The topological polar surface area (TPSA) is 30.5 Å². The third-order valence-corrected chi connectivity index (χ3v) is 1.86. The van der Waals surface area contributed by atoms with Gasteiger partial charge in [-0.05, 0) is 26.9 Å². The summed E-state index contributed by atoms with van der Waals surface area (Å²) in [6.45, 7) is 5.53. The van der Waals surface area contributed by atoms with E-state index in [9.17, 15) is 0 Å². The number of hydroxylamine groups is 1. The van der Waals surface area contributed by atoms with Crippen molar-refractivity contribution in [3.05, 3.63) is 0 Å². The van der Waals surface area contributed by atoms with Crippen LogP contribution in [-0.4, -0.2) is 39.9 Å². The van der Waals surface area contributed by atoms with Gasteiger partial charge in [0.05, 0.1) is 13.2 Å². The van der Waals surface area contributed by atoms with Gasteiger partial charge in [-0.2, -0.15) is 0 Å². The van der Waals surface area contributed by atoms with E-state index in [-0.39, 0.29) is 0 Å². The summed E-state index contributed by atoms with van der Waals surface area (Å²) in [6.07, 6.45) is 4.84. The Morgan fingerprint density at radius 3 is 2.45 bits per heavy atom. The van der Waals surface area contributed by atoms with Crippen LogP contribution in [0.5, 0.6) is 0 Å². The number of nitrogens with one attached hydrogen (secondary N) is 1. The molecule has 0 aliphatic heterocycles. The second-order valence-electron chi connectivity index (χ2n) is 2.81. The van der Waals surface area contributed by atoms with Crippen LogP contribution in [0.2, 0.25) is 0 Å². The van der Waals surface area contributed by atoms with Crippen molar-refractivity contribution in [3.63, 3.8) is 0 Å². The molecular formula is C7H18NO2P. The standard InChI is InChI=1S/C7H18NO2P/c1-8-9-6-5-7-10-11(2,3)4/h8H,2,5-7H2,1,3-4H3. The minimum Gasteiger partial charge on any atom is -0.362 e. The summed E-state index contributed by atoms with van der Waals surface area (Å²) < 4.78 is 5.47. The van der Waals surface area contributed by atoms with Crippen molar-refractivity contribution in [3.8, 4) is 0 Å². The van der Waals surface area contributed by atoms with Crippen molar-refractivity contribution in [1.29, 1.82) is 0 Å². The highest BCUT2D eigenvalue weighted by Gasteiger charge is 1.97. The summed E-state index contributed by atoms with van der Waals surface area (Å²) in [5.41, 5.74) is 2.60. The molecule has 0 heterocycles. The van der Waals surface area contributed by atoms with Crippen LogP contribution in [-0.2, 0) is 9.36 Å². The summed E-state index contributed by atoms with van der Waals surface area (Å²) in [7, 11) is 0.459. The molecule has 0 aliphatic carbocycles. The van der Waals surface area contributed by atoms with Crippen molar-refractivity contribution >= 4 is 13.4 Å². The molecule has 0 unspecified atom stereocenters. The van der Waals surface area contributed by atoms with Crippen LogP contribution in [0.1, 0.15) is 6.42 Å². The third kappa shape index (κ3) is 10.2. The van der Waals surface area contributed by atoms with Crippen molar-refractivity contribution in [2.75, 3.05) is 33.6 Å². The van der Waals surface area contributed by atoms with Gasteiger partial charge in [0.15, 0.2) is 0 Å². The number of rotatable bonds is 6. The van der Waals surface area contributed by atoms with Crippen LogP contribution in [0.15, 0.2) is 0 Å². The molecule has 0 spiro atoms. The lowest BCUT2D eigenvalue weighted by Gasteiger charge is -2.13. The lowest BCUT2D eigenvalue weighted by molar-refractivity contribution is 0.0504. The largest absolute Gasteiger partial charge is 0.362 e. The fourth-order valence-electron chi connectivity index (χ4n) is 0.545. The molecule has 0 aromatic rings. The van der Waals surface area contributed by atoms with Gasteiger partial charge in [-0.1, -0.05) is 6.30 Å². The molecule has 68 valence electrons. The first-order chi connectivity index (χ1) is 5.06. The number of hydrogen-bond donors (Lipinski definition) is 1. The summed E-state index contributed by atoms with van der Waals surface area (Å²) >= 11 is 0. The lowest BCUT2D eigenvalue weighted by atomic mass is 10.5. The fourth-order valence-corrected chi connectivity index (χ4v) is 1.17. The van der Waals surface area contributed by atoms with E-state index >= 15 is 0 Å². The van der Waals surface area contributed by atoms with Crippen LogP contribution in [0.25, 0.3) is 0 Å². The van der Waals surface area contributed by atoms with E-state index in [0.717, 1.165) is 13.0 Å². The van der Waals surface area contributed by atoms with Gasteiger partial charge in [0.1, 0.15) is 0 Å². The van der Waals surface area contributed by atoms with Crippen LogP contribution >= 0.6 is 7.11 Å². The molecule has 0 bridgehead atoms. The van der Waals surface area contributed by atoms with Gasteiger partial charge in [0, 0.05) is 7.05 Å². The second-order valence-corrected chi connectivity index (χ2v) is 6.22. The van der Waals surface area contributed by atoms with Gasteiger partial charge >= 0.3 is 0 Å². The van der Waals surface area contributed by atoms with E-state index in [4.69, 9.17) is 9.36 Å². The van der Waals surface area contributed by atoms with Gasteiger partial charge in [0.2, 0.25) is 0 Å². The van der Waals surface area contributed by atoms with E-state index < -0.39 is 7.11 Å². The first kappa shape index (κ1) is 11.2. The van der Waals surface area contributed by atoms with E-state index in [0.29, 0.717) is 6.61 Å². The Kier molecular flexibility index (Phi) is 5.88. The highest BCUT2D eigenvalue weighted by atomic mass is 31.2. The van der Waals surface area contributed by atoms with E-state index in [2.05, 4.69) is 11.8 Å². The zero-order valence-corrected chi connectivity index (χ0v) is 8.49. The van der Waals surface area contributed by atoms with Gasteiger partial charge in [-0.25, -0.2) is 5.48 Å². The molecular weight excluding hydrogens is 161 g/mol. The molecule has 0 atom stereocenters. The van der Waals surface area contributed by atoms with Crippen LogP contribution in [0.4, 0.5) is 0 Å². The van der Waals surface area contributed by atoms with Gasteiger partial charge < -0.3 is 9.36 Å². The van der Waals surface area contributed by atoms with Crippen molar-refractivity contribution < 1.29 is 9.36 Å². The van der Waals surface area contributed by atoms with E-state index in [1.165, 1.54) is 0 Å². The summed E-state index contributed by atoms with van der Waals surface area (Å²) in [4.78, 5) is 4.91. The first-order valence-electron chi connectivity index (χ1n) is 3.67. The van der Waals surface area contributed by atoms with Gasteiger partial charge in [-0.3, -0.25) is 0 Å². The molecule has 11 heavy (non-hydrogen) atoms. The minimum atomic E-state index is -1.29. The highest BCUT2D eigenvalue weighted by Crippen LogP contribution is 2.36. The molecule has 4 heteroatoms. The third-order valence-electron chi connectivity index (χ3n) is 0.976. The molecule has 1 N–H and O–H groups in total. The van der Waals surface area contributed by atoms with Gasteiger partial charge in [0.25, 0.3) is 0 Å². The Morgan fingerprint density at radius 2 is 2.00 bits per heavy atom. The second kappa shape index (κ2) is 5.78. The maximum absolute atomic E-state index is 5.47. The maximum Gasteiger partial charge on any atom is 0.0704 e. The number of hydrogen-bond acceptors (Lipinski definition) is 3. The highest BCUT2D eigenvalue weighted by molar-refractivity contribution is 7.67. The molecule has 0 aromatic heterocycles. The zero-order chi connectivity index (χ0) is 8.74. The van der Waals surface area contributed by atoms with Crippen molar-refractivity contribution in [2.45, 2.75) is 6.42 Å². The summed E-state index contributed by atoms with van der Waals surface area (Å²) in [5, 5.41) is 0. The summed E-state index contributed by atoms with van der Waals surface area (Å²) in [6, 6.07) is 0. The molecule has 0 aromatic carbocycles. The van der Waals surface area contributed by atoms with Crippen molar-refractivity contribution in [1.82, 2.24) is 5.48 Å². The van der Waals surface area contributed by atoms with Crippen LogP contribution in [0, 0.1) is 0 Å². The molecule has 0 saturated carbocycles. The Hall–Kier alpha value is 0.180. The molecule has 0 radical (unpaired) electrons. The van der Waals surface area contributed by atoms with Gasteiger partial charge in [-0.15, -0.1) is 0 Å². The maximum atomic E-state index is 5.47. The molecule has 0 fully saturated rings. The molecule has 0 saturated heterocycles. The quantitative estimate of drug-likeness (QED) is 0.377. The normalized spacial score (nSPS) is 11.9. The molecule has 0 aliphatic rings. The average Bonchev–Trinajstić information content (AvgIpc) is 1.85. The smallest absolute Gasteiger partial charge is 0.0704 e. The Morgan fingerprint density at radius 1 is 1.36 bits per heavy atom. The Balaban J connectivity index is 3.09. The SMILES string of the molecule is C=P(C)(C)OCCCONC. The predicted molar refractivity (Wildman–Crippen MR) is 51.5 cm³/mol. The first-order valence-corrected chi connectivity index (χ1v) is 6.46. The van der Waals surface area contributed by atoms with Crippen LogP contribution < -0.4 is 5.48 Å².